The molecule has 0 N–H and O–H groups in total. The fourth-order valence-electron chi connectivity index (χ4n) is 2.91. The number of carbonyl (C=O) groups excluding carboxylic acids is 6. The molecule has 210 valence electrons. The van der Waals surface area contributed by atoms with Gasteiger partial charge in [-0.3, -0.25) is 19.2 Å². The van der Waals surface area contributed by atoms with Crippen molar-refractivity contribution in [3.8, 4) is 23.0 Å². The molecule has 0 saturated carbocycles. The number of hydrogen-bond acceptors (Lipinski definition) is 12. The fourth-order valence-corrected chi connectivity index (χ4v) is 2.91. The Morgan fingerprint density at radius 3 is 1.18 bits per heavy atom. The molecule has 0 bridgehead atoms. The highest BCUT2D eigenvalue weighted by Gasteiger charge is 2.12. The van der Waals surface area contributed by atoms with Crippen molar-refractivity contribution in [1.82, 2.24) is 0 Å². The van der Waals surface area contributed by atoms with E-state index in [1.807, 2.05) is 0 Å². The largest absolute Gasteiger partial charge is 0.459 e. The molecule has 12 heteroatoms. The summed E-state index contributed by atoms with van der Waals surface area (Å²) < 4.78 is 30.0. The second kappa shape index (κ2) is 15.2. The minimum Gasteiger partial charge on any atom is -0.459 e. The van der Waals surface area contributed by atoms with Crippen LogP contribution in [-0.2, 0) is 38.2 Å². The van der Waals surface area contributed by atoms with Crippen LogP contribution in [0.3, 0.4) is 0 Å². The van der Waals surface area contributed by atoms with Crippen LogP contribution in [0.2, 0.25) is 0 Å². The predicted molar refractivity (Wildman–Crippen MR) is 138 cm³/mol. The fraction of sp³-hybridized carbons (Fsp3) is 0.214. The number of rotatable bonds is 11. The van der Waals surface area contributed by atoms with E-state index < -0.39 is 35.8 Å². The third-order valence-corrected chi connectivity index (χ3v) is 4.35. The quantitative estimate of drug-likeness (QED) is 0.173. The highest BCUT2D eigenvalue weighted by atomic mass is 16.6. The van der Waals surface area contributed by atoms with Crippen LogP contribution in [-0.4, -0.2) is 49.0 Å². The number of ether oxygens (including phenoxy) is 6. The van der Waals surface area contributed by atoms with Gasteiger partial charge in [0, 0.05) is 39.8 Å². The van der Waals surface area contributed by atoms with Crippen LogP contribution >= 0.6 is 0 Å². The van der Waals surface area contributed by atoms with Crippen molar-refractivity contribution in [3.05, 3.63) is 59.7 Å². The van der Waals surface area contributed by atoms with Gasteiger partial charge in [0.2, 0.25) is 0 Å². The highest BCUT2D eigenvalue weighted by molar-refractivity contribution is 5.88. The SMILES string of the molecule is CC(=O)Oc1ccc(/C=C/C(=O)OCCOC(=O)/C=C/c2ccc(OC(C)=O)c(OC(C)=O)c2)cc1OC(C)=O. The van der Waals surface area contributed by atoms with Crippen LogP contribution < -0.4 is 18.9 Å². The molecule has 0 amide bonds. The van der Waals surface area contributed by atoms with E-state index in [0.29, 0.717) is 11.1 Å². The van der Waals surface area contributed by atoms with Crippen molar-refractivity contribution < 1.29 is 57.2 Å². The molecule has 40 heavy (non-hydrogen) atoms. The van der Waals surface area contributed by atoms with E-state index in [-0.39, 0.29) is 36.2 Å². The van der Waals surface area contributed by atoms with Crippen LogP contribution in [0.4, 0.5) is 0 Å². The third kappa shape index (κ3) is 11.4. The molecule has 0 heterocycles. The molecule has 12 nitrogen and oxygen atoms in total. The zero-order valence-electron chi connectivity index (χ0n) is 22.1. The lowest BCUT2D eigenvalue weighted by Crippen LogP contribution is -2.11. The molecule has 2 rings (SSSR count). The maximum absolute atomic E-state index is 12.0. The van der Waals surface area contributed by atoms with E-state index in [0.717, 1.165) is 12.2 Å². The van der Waals surface area contributed by atoms with Gasteiger partial charge >= 0.3 is 35.8 Å². The molecule has 0 aromatic heterocycles. The highest BCUT2D eigenvalue weighted by Crippen LogP contribution is 2.30. The van der Waals surface area contributed by atoms with Crippen LogP contribution in [0, 0.1) is 0 Å². The molecule has 0 saturated heterocycles. The lowest BCUT2D eigenvalue weighted by molar-refractivity contribution is -0.145. The minimum absolute atomic E-state index is 0.00104. The molecule has 0 atom stereocenters. The van der Waals surface area contributed by atoms with Crippen molar-refractivity contribution >= 4 is 48.0 Å². The molecular weight excluding hydrogens is 528 g/mol. The smallest absolute Gasteiger partial charge is 0.330 e. The second-order valence-electron chi connectivity index (χ2n) is 7.79. The van der Waals surface area contributed by atoms with Gasteiger partial charge in [0.15, 0.2) is 23.0 Å². The van der Waals surface area contributed by atoms with Crippen molar-refractivity contribution in [1.29, 1.82) is 0 Å². The Hall–Kier alpha value is -5.26. The Balaban J connectivity index is 1.87. The summed E-state index contributed by atoms with van der Waals surface area (Å²) in [4.78, 5) is 68.9. The van der Waals surface area contributed by atoms with E-state index in [2.05, 4.69) is 0 Å². The number of benzene rings is 2. The second-order valence-corrected chi connectivity index (χ2v) is 7.79. The lowest BCUT2D eigenvalue weighted by atomic mass is 10.2. The molecule has 0 fully saturated rings. The molecule has 0 aliphatic heterocycles. The summed E-state index contributed by atoms with van der Waals surface area (Å²) >= 11 is 0. The summed E-state index contributed by atoms with van der Waals surface area (Å²) in [5, 5.41) is 0. The van der Waals surface area contributed by atoms with Crippen molar-refractivity contribution in [2.24, 2.45) is 0 Å². The first kappa shape index (κ1) is 31.0. The summed E-state index contributed by atoms with van der Waals surface area (Å²) in [6, 6.07) is 8.67. The molecule has 0 spiro atoms. The van der Waals surface area contributed by atoms with Gasteiger partial charge in [0.25, 0.3) is 0 Å². The Labute approximate surface area is 229 Å². The average molecular weight is 555 g/mol. The van der Waals surface area contributed by atoms with Gasteiger partial charge in [0.1, 0.15) is 13.2 Å². The monoisotopic (exact) mass is 554 g/mol. The molecule has 0 aliphatic rings. The summed E-state index contributed by atoms with van der Waals surface area (Å²) in [6.07, 6.45) is 5.00. The van der Waals surface area contributed by atoms with Crippen LogP contribution in [0.25, 0.3) is 12.2 Å². The van der Waals surface area contributed by atoms with E-state index in [1.165, 1.54) is 76.2 Å². The van der Waals surface area contributed by atoms with Gasteiger partial charge in [-0.2, -0.15) is 0 Å². The molecule has 0 aliphatic carbocycles. The number of carbonyl (C=O) groups is 6. The Morgan fingerprint density at radius 2 is 0.850 bits per heavy atom. The van der Waals surface area contributed by atoms with Gasteiger partial charge in [-0.1, -0.05) is 12.1 Å². The summed E-state index contributed by atoms with van der Waals surface area (Å²) in [5.74, 6) is -3.80. The van der Waals surface area contributed by atoms with E-state index in [1.54, 1.807) is 0 Å². The molecule has 2 aromatic rings. The molecule has 0 unspecified atom stereocenters. The summed E-state index contributed by atoms with van der Waals surface area (Å²) in [5.41, 5.74) is 0.914. The number of esters is 6. The van der Waals surface area contributed by atoms with Crippen molar-refractivity contribution in [3.63, 3.8) is 0 Å². The summed E-state index contributed by atoms with van der Waals surface area (Å²) in [6.45, 7) is 4.33. The standard InChI is InChI=1S/C28H26O12/c1-17(29)37-23-9-5-21(15-25(23)39-19(3)31)7-11-27(33)35-13-14-36-28(34)12-8-22-6-10-24(38-18(2)30)26(16-22)40-20(4)32/h5-12,15-16H,13-14H2,1-4H3/b11-7+,12-8+. The first-order valence-electron chi connectivity index (χ1n) is 11.6. The van der Waals surface area contributed by atoms with Gasteiger partial charge in [-0.25, -0.2) is 9.59 Å². The van der Waals surface area contributed by atoms with Crippen LogP contribution in [0.15, 0.2) is 48.6 Å². The van der Waals surface area contributed by atoms with Gasteiger partial charge in [-0.05, 0) is 47.5 Å². The van der Waals surface area contributed by atoms with E-state index in [4.69, 9.17) is 28.4 Å². The minimum atomic E-state index is -0.726. The Bertz CT molecular complexity index is 1250. The average Bonchev–Trinajstić information content (AvgIpc) is 2.85. The van der Waals surface area contributed by atoms with Gasteiger partial charge in [0.05, 0.1) is 0 Å². The Morgan fingerprint density at radius 1 is 0.525 bits per heavy atom. The molecule has 0 radical (unpaired) electrons. The molecular formula is C28H26O12. The predicted octanol–water partition coefficient (Wildman–Crippen LogP) is 3.20. The maximum Gasteiger partial charge on any atom is 0.330 e. The van der Waals surface area contributed by atoms with Crippen LogP contribution in [0.1, 0.15) is 38.8 Å². The van der Waals surface area contributed by atoms with E-state index >= 15 is 0 Å². The normalized spacial score (nSPS) is 10.6. The number of hydrogen-bond donors (Lipinski definition) is 0. The van der Waals surface area contributed by atoms with Crippen molar-refractivity contribution in [2.75, 3.05) is 13.2 Å². The molecule has 2 aromatic carbocycles. The zero-order valence-corrected chi connectivity index (χ0v) is 22.1. The lowest BCUT2D eigenvalue weighted by Gasteiger charge is -2.09. The first-order valence-corrected chi connectivity index (χ1v) is 11.6. The van der Waals surface area contributed by atoms with Gasteiger partial charge in [-0.15, -0.1) is 0 Å². The Kier molecular flexibility index (Phi) is 11.8. The van der Waals surface area contributed by atoms with Crippen molar-refractivity contribution in [2.45, 2.75) is 27.7 Å². The van der Waals surface area contributed by atoms with Crippen LogP contribution in [0.5, 0.6) is 23.0 Å². The summed E-state index contributed by atoms with van der Waals surface area (Å²) in [7, 11) is 0. The third-order valence-electron chi connectivity index (χ3n) is 4.35. The first-order chi connectivity index (χ1) is 18.9. The topological polar surface area (TPSA) is 158 Å². The maximum atomic E-state index is 12.0. The van der Waals surface area contributed by atoms with Gasteiger partial charge < -0.3 is 28.4 Å². The van der Waals surface area contributed by atoms with E-state index in [9.17, 15) is 28.8 Å². The zero-order chi connectivity index (χ0) is 29.7.